The summed E-state index contributed by atoms with van der Waals surface area (Å²) in [7, 11) is 0. The maximum atomic E-state index is 6.09. The summed E-state index contributed by atoms with van der Waals surface area (Å²) in [4.78, 5) is 8.13. The van der Waals surface area contributed by atoms with Crippen molar-refractivity contribution >= 4 is 28.5 Å². The molecule has 2 aromatic heterocycles. The van der Waals surface area contributed by atoms with Crippen LogP contribution < -0.4 is 11.3 Å². The minimum atomic E-state index is 0.286. The Labute approximate surface area is 107 Å². The number of rotatable bonds is 2. The average molecular weight is 261 g/mol. The summed E-state index contributed by atoms with van der Waals surface area (Å²) in [6, 6.07) is 7.78. The molecule has 6 nitrogen and oxygen atoms in total. The molecule has 7 heteroatoms. The molecule has 0 fully saturated rings. The highest BCUT2D eigenvalue weighted by Crippen LogP contribution is 2.22. The second-order valence-electron chi connectivity index (χ2n) is 3.62. The first-order valence-electron chi connectivity index (χ1n) is 5.22. The molecule has 0 aliphatic rings. The van der Waals surface area contributed by atoms with Crippen molar-refractivity contribution < 1.29 is 0 Å². The Hall–Kier alpha value is -2.18. The first kappa shape index (κ1) is 10.9. The van der Waals surface area contributed by atoms with Gasteiger partial charge in [-0.2, -0.15) is 10.1 Å². The lowest BCUT2D eigenvalue weighted by molar-refractivity contribution is 0.866. The maximum absolute atomic E-state index is 6.09. The van der Waals surface area contributed by atoms with Gasteiger partial charge in [-0.1, -0.05) is 29.8 Å². The highest BCUT2D eigenvalue weighted by molar-refractivity contribution is 6.32. The van der Waals surface area contributed by atoms with Gasteiger partial charge in [0.2, 0.25) is 5.95 Å². The molecule has 3 N–H and O–H groups in total. The zero-order valence-electron chi connectivity index (χ0n) is 9.21. The molecule has 0 amide bonds. The van der Waals surface area contributed by atoms with E-state index in [1.165, 1.54) is 6.20 Å². The highest BCUT2D eigenvalue weighted by Gasteiger charge is 2.11. The van der Waals surface area contributed by atoms with Crippen LogP contribution in [0.15, 0.2) is 36.7 Å². The number of aromatic nitrogens is 4. The number of nitrogens with one attached hydrogen (secondary N) is 1. The first-order valence-corrected chi connectivity index (χ1v) is 5.59. The number of hydrogen-bond acceptors (Lipinski definition) is 5. The van der Waals surface area contributed by atoms with Crippen LogP contribution in [0.25, 0.3) is 16.7 Å². The number of nitrogen functional groups attached to an aromatic ring is 1. The number of nitrogens with zero attached hydrogens (tertiary/aromatic N) is 4. The smallest absolute Gasteiger partial charge is 0.239 e. The van der Waals surface area contributed by atoms with Gasteiger partial charge in [-0.25, -0.2) is 15.5 Å². The van der Waals surface area contributed by atoms with E-state index in [2.05, 4.69) is 20.5 Å². The second-order valence-corrected chi connectivity index (χ2v) is 4.03. The van der Waals surface area contributed by atoms with Gasteiger partial charge >= 0.3 is 0 Å². The van der Waals surface area contributed by atoms with Gasteiger partial charge in [0.05, 0.1) is 17.9 Å². The molecule has 0 unspecified atom stereocenters. The largest absolute Gasteiger partial charge is 0.292 e. The van der Waals surface area contributed by atoms with E-state index < -0.39 is 0 Å². The van der Waals surface area contributed by atoms with Gasteiger partial charge < -0.3 is 0 Å². The summed E-state index contributed by atoms with van der Waals surface area (Å²) >= 11 is 6.09. The van der Waals surface area contributed by atoms with Gasteiger partial charge in [0.15, 0.2) is 5.82 Å². The van der Waals surface area contributed by atoms with E-state index in [-0.39, 0.29) is 5.95 Å². The van der Waals surface area contributed by atoms with Crippen LogP contribution >= 0.6 is 11.6 Å². The third-order valence-corrected chi connectivity index (χ3v) is 2.80. The fraction of sp³-hybridized carbons (Fsp3) is 0. The van der Waals surface area contributed by atoms with Gasteiger partial charge in [0, 0.05) is 5.39 Å². The highest BCUT2D eigenvalue weighted by atomic mass is 35.5. The fourth-order valence-electron chi connectivity index (χ4n) is 1.72. The molecule has 2 heterocycles. The molecule has 18 heavy (non-hydrogen) atoms. The van der Waals surface area contributed by atoms with Crippen molar-refractivity contribution in [2.24, 2.45) is 5.84 Å². The van der Waals surface area contributed by atoms with E-state index >= 15 is 0 Å². The Morgan fingerprint density at radius 3 is 2.89 bits per heavy atom. The topological polar surface area (TPSA) is 81.6 Å². The Kier molecular flexibility index (Phi) is 2.58. The van der Waals surface area contributed by atoms with Crippen LogP contribution in [-0.2, 0) is 0 Å². The monoisotopic (exact) mass is 260 g/mol. The van der Waals surface area contributed by atoms with Crippen LogP contribution in [0.1, 0.15) is 0 Å². The molecule has 0 bridgehead atoms. The van der Waals surface area contributed by atoms with Gasteiger partial charge in [0.25, 0.3) is 0 Å². The zero-order chi connectivity index (χ0) is 12.5. The number of hydrogen-bond donors (Lipinski definition) is 2. The fourth-order valence-corrected chi connectivity index (χ4v) is 1.89. The number of hydrazine groups is 1. The van der Waals surface area contributed by atoms with Crippen molar-refractivity contribution in [3.8, 4) is 5.82 Å². The van der Waals surface area contributed by atoms with Gasteiger partial charge in [-0.05, 0) is 6.07 Å². The molecule has 90 valence electrons. The lowest BCUT2D eigenvalue weighted by Gasteiger charge is -2.06. The van der Waals surface area contributed by atoms with E-state index in [1.54, 1.807) is 10.9 Å². The predicted octanol–water partition coefficient (Wildman–Crippen LogP) is 1.75. The second kappa shape index (κ2) is 4.25. The van der Waals surface area contributed by atoms with Crippen molar-refractivity contribution in [2.45, 2.75) is 0 Å². The minimum Gasteiger partial charge on any atom is -0.292 e. The Morgan fingerprint density at radius 2 is 2.06 bits per heavy atom. The van der Waals surface area contributed by atoms with Crippen molar-refractivity contribution in [2.75, 3.05) is 5.43 Å². The van der Waals surface area contributed by atoms with Crippen molar-refractivity contribution in [3.63, 3.8) is 0 Å². The molecule has 0 spiro atoms. The molecular formula is C11H9ClN6. The van der Waals surface area contributed by atoms with Crippen LogP contribution in [0.4, 0.5) is 5.95 Å². The molecule has 0 aliphatic carbocycles. The summed E-state index contributed by atoms with van der Waals surface area (Å²) in [5, 5.41) is 5.69. The van der Waals surface area contributed by atoms with Crippen LogP contribution in [0, 0.1) is 0 Å². The van der Waals surface area contributed by atoms with Crippen LogP contribution in [0.2, 0.25) is 5.02 Å². The quantitative estimate of drug-likeness (QED) is 0.542. The van der Waals surface area contributed by atoms with Crippen LogP contribution in [-0.4, -0.2) is 19.7 Å². The summed E-state index contributed by atoms with van der Waals surface area (Å²) in [6.45, 7) is 0. The SMILES string of the molecule is NNc1ncc(Cl)c(-n2ncc3ccccc32)n1. The Balaban J connectivity index is 2.25. The van der Waals surface area contributed by atoms with Crippen molar-refractivity contribution in [3.05, 3.63) is 41.7 Å². The third kappa shape index (κ3) is 1.68. The molecule has 1 aromatic carbocycles. The number of nitrogens with two attached hydrogens (primary N) is 1. The Morgan fingerprint density at radius 1 is 1.22 bits per heavy atom. The van der Waals surface area contributed by atoms with E-state index in [0.717, 1.165) is 10.9 Å². The number of para-hydroxylation sites is 1. The summed E-state index contributed by atoms with van der Waals surface area (Å²) in [5.74, 6) is 6.06. The standard InChI is InChI=1S/C11H9ClN6/c12-8-6-14-11(17-13)16-10(8)18-9-4-2-1-3-7(9)5-15-18/h1-6H,13H2,(H,14,16,17). The lowest BCUT2D eigenvalue weighted by Crippen LogP contribution is -2.12. The van der Waals surface area contributed by atoms with Gasteiger partial charge in [-0.15, -0.1) is 0 Å². The first-order chi connectivity index (χ1) is 8.79. The van der Waals surface area contributed by atoms with Gasteiger partial charge in [-0.3, -0.25) is 5.43 Å². The van der Waals surface area contributed by atoms with Crippen LogP contribution in [0.3, 0.4) is 0 Å². The van der Waals surface area contributed by atoms with E-state index in [9.17, 15) is 0 Å². The minimum absolute atomic E-state index is 0.286. The maximum Gasteiger partial charge on any atom is 0.239 e. The molecule has 3 rings (SSSR count). The predicted molar refractivity (Wildman–Crippen MR) is 69.5 cm³/mol. The summed E-state index contributed by atoms with van der Waals surface area (Å²) < 4.78 is 1.65. The van der Waals surface area contributed by atoms with Crippen molar-refractivity contribution in [1.82, 2.24) is 19.7 Å². The summed E-state index contributed by atoms with van der Waals surface area (Å²) in [5.41, 5.74) is 3.30. The average Bonchev–Trinajstić information content (AvgIpc) is 2.83. The molecule has 0 aliphatic heterocycles. The molecule has 3 aromatic rings. The van der Waals surface area contributed by atoms with Gasteiger partial charge in [0.1, 0.15) is 5.02 Å². The molecular weight excluding hydrogens is 252 g/mol. The molecule has 0 radical (unpaired) electrons. The van der Waals surface area contributed by atoms with Crippen LogP contribution in [0.5, 0.6) is 0 Å². The van der Waals surface area contributed by atoms with Crippen molar-refractivity contribution in [1.29, 1.82) is 0 Å². The van der Waals surface area contributed by atoms with E-state index in [4.69, 9.17) is 17.4 Å². The van der Waals surface area contributed by atoms with E-state index in [0.29, 0.717) is 10.8 Å². The number of benzene rings is 1. The number of halogens is 1. The lowest BCUT2D eigenvalue weighted by atomic mass is 10.2. The molecule has 0 atom stereocenters. The summed E-state index contributed by atoms with van der Waals surface area (Å²) in [6.07, 6.45) is 3.23. The third-order valence-electron chi connectivity index (χ3n) is 2.53. The zero-order valence-corrected chi connectivity index (χ0v) is 9.96. The molecule has 0 saturated heterocycles. The van der Waals surface area contributed by atoms with E-state index in [1.807, 2.05) is 24.3 Å². The Bertz CT molecular complexity index is 708. The number of anilines is 1. The number of fused-ring (bicyclic) bond motifs is 1. The normalized spacial score (nSPS) is 10.8. The molecule has 0 saturated carbocycles.